The Kier molecular flexibility index (Phi) is 3.00. The second-order valence-electron chi connectivity index (χ2n) is 4.15. The van der Waals surface area contributed by atoms with Crippen LogP contribution in [-0.2, 0) is 11.2 Å². The van der Waals surface area contributed by atoms with Gasteiger partial charge in [-0.1, -0.05) is 17.7 Å². The molecule has 0 unspecified atom stereocenters. The van der Waals surface area contributed by atoms with Gasteiger partial charge in [0.25, 0.3) is 0 Å². The van der Waals surface area contributed by atoms with E-state index >= 15 is 0 Å². The number of carboxylic acids is 1. The Morgan fingerprint density at radius 3 is 2.71 bits per heavy atom. The van der Waals surface area contributed by atoms with Gasteiger partial charge in [0.1, 0.15) is 17.9 Å². The minimum absolute atomic E-state index is 0.0785. The lowest BCUT2D eigenvalue weighted by Crippen LogP contribution is -1.97. The lowest BCUT2D eigenvalue weighted by atomic mass is 10.0. The van der Waals surface area contributed by atoms with Gasteiger partial charge in [0.05, 0.1) is 0 Å². The van der Waals surface area contributed by atoms with E-state index in [-0.39, 0.29) is 6.42 Å². The summed E-state index contributed by atoms with van der Waals surface area (Å²) in [5.74, 6) is 0.322. The number of hydrogen-bond donors (Lipinski definition) is 1. The van der Waals surface area contributed by atoms with Crippen LogP contribution in [0.2, 0.25) is 0 Å². The largest absolute Gasteiger partial charge is 0.481 e. The van der Waals surface area contributed by atoms with Crippen molar-refractivity contribution in [1.82, 2.24) is 0 Å². The third kappa shape index (κ3) is 2.56. The lowest BCUT2D eigenvalue weighted by Gasteiger charge is -2.03. The van der Waals surface area contributed by atoms with E-state index in [2.05, 4.69) is 0 Å². The molecule has 0 aliphatic heterocycles. The van der Waals surface area contributed by atoms with Crippen LogP contribution in [0.4, 0.5) is 0 Å². The molecule has 2 aromatic rings. The molecule has 0 bridgehead atoms. The smallest absolute Gasteiger partial charge is 0.311 e. The summed E-state index contributed by atoms with van der Waals surface area (Å²) in [7, 11) is 0. The van der Waals surface area contributed by atoms with Gasteiger partial charge in [-0.2, -0.15) is 0 Å². The zero-order chi connectivity index (χ0) is 12.4. The molecule has 1 aromatic heterocycles. The van der Waals surface area contributed by atoms with E-state index in [1.54, 1.807) is 6.07 Å². The fourth-order valence-corrected chi connectivity index (χ4v) is 1.77. The first-order chi connectivity index (χ1) is 8.06. The Bertz CT molecular complexity index is 552. The number of rotatable bonds is 3. The second kappa shape index (κ2) is 4.45. The topological polar surface area (TPSA) is 50.4 Å². The van der Waals surface area contributed by atoms with E-state index in [0.29, 0.717) is 5.76 Å². The number of carbonyl (C=O) groups is 1. The van der Waals surface area contributed by atoms with Crippen molar-refractivity contribution in [3.8, 4) is 11.3 Å². The van der Waals surface area contributed by atoms with Gasteiger partial charge in [0.15, 0.2) is 0 Å². The van der Waals surface area contributed by atoms with Gasteiger partial charge in [-0.25, -0.2) is 0 Å². The summed E-state index contributed by atoms with van der Waals surface area (Å²) in [5, 5.41) is 8.69. The molecule has 0 atom stereocenters. The van der Waals surface area contributed by atoms with Crippen LogP contribution in [0.5, 0.6) is 0 Å². The summed E-state index contributed by atoms with van der Waals surface area (Å²) >= 11 is 0. The SMILES string of the molecule is Cc1ccc(C)c(-c2ccc(CC(=O)O)o2)c1. The monoisotopic (exact) mass is 230 g/mol. The lowest BCUT2D eigenvalue weighted by molar-refractivity contribution is -0.136. The van der Waals surface area contributed by atoms with Crippen molar-refractivity contribution in [2.45, 2.75) is 20.3 Å². The van der Waals surface area contributed by atoms with Crippen LogP contribution in [0.3, 0.4) is 0 Å². The minimum Gasteiger partial charge on any atom is -0.481 e. The molecule has 0 aliphatic carbocycles. The standard InChI is InChI=1S/C14H14O3/c1-9-3-4-10(2)12(7-9)13-6-5-11(17-13)8-14(15)16/h3-7H,8H2,1-2H3,(H,15,16). The fourth-order valence-electron chi connectivity index (χ4n) is 1.77. The molecule has 3 nitrogen and oxygen atoms in total. The van der Waals surface area contributed by atoms with E-state index in [9.17, 15) is 4.79 Å². The summed E-state index contributed by atoms with van der Waals surface area (Å²) < 4.78 is 5.54. The Labute approximate surface area is 99.7 Å². The van der Waals surface area contributed by atoms with E-state index in [0.717, 1.165) is 22.5 Å². The average Bonchev–Trinajstić information content (AvgIpc) is 2.69. The van der Waals surface area contributed by atoms with Crippen LogP contribution in [0, 0.1) is 13.8 Å². The molecule has 0 aliphatic rings. The van der Waals surface area contributed by atoms with Crippen molar-refractivity contribution in [3.05, 3.63) is 47.2 Å². The van der Waals surface area contributed by atoms with Crippen LogP contribution in [0.1, 0.15) is 16.9 Å². The maximum Gasteiger partial charge on any atom is 0.311 e. The molecular formula is C14H14O3. The minimum atomic E-state index is -0.883. The molecule has 3 heteroatoms. The number of benzene rings is 1. The van der Waals surface area contributed by atoms with Crippen LogP contribution in [-0.4, -0.2) is 11.1 Å². The highest BCUT2D eigenvalue weighted by molar-refractivity contribution is 5.70. The second-order valence-corrected chi connectivity index (χ2v) is 4.15. The molecule has 2 rings (SSSR count). The molecule has 0 fully saturated rings. The third-order valence-corrected chi connectivity index (χ3v) is 2.65. The molecule has 1 heterocycles. The van der Waals surface area contributed by atoms with Crippen molar-refractivity contribution >= 4 is 5.97 Å². The molecule has 0 saturated heterocycles. The molecular weight excluding hydrogens is 216 g/mol. The maximum absolute atomic E-state index is 10.6. The first-order valence-corrected chi connectivity index (χ1v) is 5.44. The van der Waals surface area contributed by atoms with Crippen LogP contribution in [0.25, 0.3) is 11.3 Å². The highest BCUT2D eigenvalue weighted by Crippen LogP contribution is 2.26. The number of aliphatic carboxylic acids is 1. The van der Waals surface area contributed by atoms with Crippen LogP contribution < -0.4 is 0 Å². The van der Waals surface area contributed by atoms with Gasteiger partial charge in [-0.05, 0) is 37.6 Å². The number of furan rings is 1. The van der Waals surface area contributed by atoms with Gasteiger partial charge in [0.2, 0.25) is 0 Å². The predicted molar refractivity (Wildman–Crippen MR) is 65.0 cm³/mol. The summed E-state index contributed by atoms with van der Waals surface area (Å²) in [6, 6.07) is 9.65. The zero-order valence-electron chi connectivity index (χ0n) is 9.86. The van der Waals surface area contributed by atoms with E-state index < -0.39 is 5.97 Å². The van der Waals surface area contributed by atoms with Gasteiger partial charge in [0, 0.05) is 5.56 Å². The van der Waals surface area contributed by atoms with E-state index in [1.165, 1.54) is 0 Å². The Morgan fingerprint density at radius 1 is 1.24 bits per heavy atom. The van der Waals surface area contributed by atoms with Crippen molar-refractivity contribution in [1.29, 1.82) is 0 Å². The van der Waals surface area contributed by atoms with Gasteiger partial charge < -0.3 is 9.52 Å². The molecule has 88 valence electrons. The predicted octanol–water partition coefficient (Wildman–Crippen LogP) is 3.19. The first kappa shape index (κ1) is 11.5. The van der Waals surface area contributed by atoms with Crippen molar-refractivity contribution in [2.24, 2.45) is 0 Å². The average molecular weight is 230 g/mol. The molecule has 17 heavy (non-hydrogen) atoms. The number of aryl methyl sites for hydroxylation is 2. The Morgan fingerprint density at radius 2 is 2.00 bits per heavy atom. The van der Waals surface area contributed by atoms with Crippen molar-refractivity contribution in [3.63, 3.8) is 0 Å². The summed E-state index contributed by atoms with van der Waals surface area (Å²) in [6.45, 7) is 4.03. The normalized spacial score (nSPS) is 10.5. The van der Waals surface area contributed by atoms with Crippen LogP contribution in [0.15, 0.2) is 34.7 Å². The fraction of sp³-hybridized carbons (Fsp3) is 0.214. The number of carboxylic acid groups (broad SMARTS) is 1. The van der Waals surface area contributed by atoms with Crippen LogP contribution >= 0.6 is 0 Å². The highest BCUT2D eigenvalue weighted by atomic mass is 16.4. The molecule has 1 N–H and O–H groups in total. The van der Waals surface area contributed by atoms with Crippen molar-refractivity contribution < 1.29 is 14.3 Å². The third-order valence-electron chi connectivity index (χ3n) is 2.65. The Balaban J connectivity index is 2.36. The van der Waals surface area contributed by atoms with Gasteiger partial charge in [-0.3, -0.25) is 4.79 Å². The van der Waals surface area contributed by atoms with Gasteiger partial charge >= 0.3 is 5.97 Å². The quantitative estimate of drug-likeness (QED) is 0.880. The molecule has 0 radical (unpaired) electrons. The maximum atomic E-state index is 10.6. The molecule has 0 saturated carbocycles. The van der Waals surface area contributed by atoms with Crippen molar-refractivity contribution in [2.75, 3.05) is 0 Å². The summed E-state index contributed by atoms with van der Waals surface area (Å²) in [4.78, 5) is 10.6. The van der Waals surface area contributed by atoms with Gasteiger partial charge in [-0.15, -0.1) is 0 Å². The number of hydrogen-bond acceptors (Lipinski definition) is 2. The van der Waals surface area contributed by atoms with E-state index in [1.807, 2.05) is 38.1 Å². The first-order valence-electron chi connectivity index (χ1n) is 5.44. The van der Waals surface area contributed by atoms with E-state index in [4.69, 9.17) is 9.52 Å². The molecule has 0 amide bonds. The summed E-state index contributed by atoms with van der Waals surface area (Å²) in [5.41, 5.74) is 3.29. The Hall–Kier alpha value is -2.03. The summed E-state index contributed by atoms with van der Waals surface area (Å²) in [6.07, 6.45) is -0.0785. The zero-order valence-corrected chi connectivity index (χ0v) is 9.86. The molecule has 1 aromatic carbocycles. The molecule has 0 spiro atoms. The highest BCUT2D eigenvalue weighted by Gasteiger charge is 2.09.